The van der Waals surface area contributed by atoms with Gasteiger partial charge in [0.1, 0.15) is 11.6 Å². The smallest absolute Gasteiger partial charge is 0.319 e. The number of carbonyl (C=O) groups excluding carboxylic acids is 1. The maximum atomic E-state index is 13.6. The first-order valence-corrected chi connectivity index (χ1v) is 9.20. The largest absolute Gasteiger partial charge is 0.373 e. The molecule has 2 aromatic carbocycles. The van der Waals surface area contributed by atoms with Crippen LogP contribution in [0.5, 0.6) is 0 Å². The summed E-state index contributed by atoms with van der Waals surface area (Å²) in [6.45, 7) is 1.92. The third-order valence-electron chi connectivity index (χ3n) is 4.84. The van der Waals surface area contributed by atoms with Crippen LogP contribution in [0.2, 0.25) is 0 Å². The lowest BCUT2D eigenvalue weighted by atomic mass is 9.93. The number of amides is 2. The maximum absolute atomic E-state index is 13.6. The molecule has 1 aliphatic rings. The average Bonchev–Trinajstić information content (AvgIpc) is 2.64. The van der Waals surface area contributed by atoms with Gasteiger partial charge in [-0.15, -0.1) is 0 Å². The van der Waals surface area contributed by atoms with E-state index in [1.165, 1.54) is 18.2 Å². The Bertz CT molecular complexity index is 752. The molecule has 6 heteroatoms. The maximum Gasteiger partial charge on any atom is 0.319 e. The lowest BCUT2D eigenvalue weighted by molar-refractivity contribution is 0.00964. The van der Waals surface area contributed by atoms with Crippen molar-refractivity contribution in [2.24, 2.45) is 0 Å². The Kier molecular flexibility index (Phi) is 6.40. The van der Waals surface area contributed by atoms with E-state index in [9.17, 15) is 13.6 Å². The molecule has 2 amide bonds. The van der Waals surface area contributed by atoms with Gasteiger partial charge in [0.2, 0.25) is 0 Å². The SMILES string of the molecule is Cc1ccc(NC(=O)NC2CCC(OCc3c(F)cccc3F)CC2)cc1. The third kappa shape index (κ3) is 5.50. The zero-order valence-electron chi connectivity index (χ0n) is 15.3. The Labute approximate surface area is 157 Å². The van der Waals surface area contributed by atoms with Crippen molar-refractivity contribution < 1.29 is 18.3 Å². The zero-order chi connectivity index (χ0) is 19.2. The normalized spacial score (nSPS) is 19.5. The number of hydrogen-bond donors (Lipinski definition) is 2. The Hall–Kier alpha value is -2.47. The molecule has 1 aliphatic carbocycles. The first-order valence-electron chi connectivity index (χ1n) is 9.20. The van der Waals surface area contributed by atoms with E-state index in [4.69, 9.17) is 4.74 Å². The van der Waals surface area contributed by atoms with Crippen molar-refractivity contribution in [2.45, 2.75) is 51.4 Å². The summed E-state index contributed by atoms with van der Waals surface area (Å²) in [7, 11) is 0. The van der Waals surface area contributed by atoms with Gasteiger partial charge in [-0.1, -0.05) is 23.8 Å². The number of hydrogen-bond acceptors (Lipinski definition) is 2. The van der Waals surface area contributed by atoms with Crippen LogP contribution in [-0.2, 0) is 11.3 Å². The van der Waals surface area contributed by atoms with Crippen LogP contribution in [0.25, 0.3) is 0 Å². The topological polar surface area (TPSA) is 50.4 Å². The highest BCUT2D eigenvalue weighted by atomic mass is 19.1. The molecular formula is C21H24F2N2O2. The summed E-state index contributed by atoms with van der Waals surface area (Å²) < 4.78 is 33.0. The van der Waals surface area contributed by atoms with Crippen molar-refractivity contribution in [3.05, 3.63) is 65.2 Å². The Morgan fingerprint density at radius 3 is 2.30 bits per heavy atom. The van der Waals surface area contributed by atoms with Crippen LogP contribution < -0.4 is 10.6 Å². The van der Waals surface area contributed by atoms with E-state index in [1.807, 2.05) is 31.2 Å². The van der Waals surface area contributed by atoms with E-state index < -0.39 is 11.6 Å². The second kappa shape index (κ2) is 8.95. The van der Waals surface area contributed by atoms with Crippen molar-refractivity contribution >= 4 is 11.7 Å². The summed E-state index contributed by atoms with van der Waals surface area (Å²) in [5, 5.41) is 5.79. The van der Waals surface area contributed by atoms with Crippen LogP contribution in [0.15, 0.2) is 42.5 Å². The van der Waals surface area contributed by atoms with Gasteiger partial charge < -0.3 is 15.4 Å². The molecule has 0 aromatic heterocycles. The Morgan fingerprint density at radius 2 is 1.67 bits per heavy atom. The van der Waals surface area contributed by atoms with Gasteiger partial charge in [0, 0.05) is 17.3 Å². The zero-order valence-corrected chi connectivity index (χ0v) is 15.3. The first-order chi connectivity index (χ1) is 13.0. The predicted octanol–water partition coefficient (Wildman–Crippen LogP) is 4.92. The van der Waals surface area contributed by atoms with E-state index in [2.05, 4.69) is 10.6 Å². The second-order valence-corrected chi connectivity index (χ2v) is 6.95. The molecule has 0 heterocycles. The van der Waals surface area contributed by atoms with Gasteiger partial charge in [0.05, 0.1) is 12.7 Å². The molecule has 27 heavy (non-hydrogen) atoms. The number of urea groups is 1. The number of anilines is 1. The van der Waals surface area contributed by atoms with Crippen molar-refractivity contribution in [3.8, 4) is 0 Å². The van der Waals surface area contributed by atoms with E-state index in [0.717, 1.165) is 36.9 Å². The molecule has 2 aromatic rings. The molecule has 1 saturated carbocycles. The summed E-state index contributed by atoms with van der Waals surface area (Å²) in [6, 6.07) is 11.3. The van der Waals surface area contributed by atoms with Gasteiger partial charge in [-0.3, -0.25) is 0 Å². The van der Waals surface area contributed by atoms with Crippen molar-refractivity contribution in [2.75, 3.05) is 5.32 Å². The molecule has 4 nitrogen and oxygen atoms in total. The molecule has 0 unspecified atom stereocenters. The van der Waals surface area contributed by atoms with E-state index in [1.54, 1.807) is 0 Å². The summed E-state index contributed by atoms with van der Waals surface area (Å²) >= 11 is 0. The monoisotopic (exact) mass is 374 g/mol. The molecule has 1 fully saturated rings. The fraction of sp³-hybridized carbons (Fsp3) is 0.381. The molecule has 0 radical (unpaired) electrons. The van der Waals surface area contributed by atoms with Crippen molar-refractivity contribution in [3.63, 3.8) is 0 Å². The number of rotatable bonds is 5. The number of benzene rings is 2. The molecule has 0 spiro atoms. The molecule has 0 bridgehead atoms. The van der Waals surface area contributed by atoms with Gasteiger partial charge in [0.25, 0.3) is 0 Å². The van der Waals surface area contributed by atoms with E-state index >= 15 is 0 Å². The number of nitrogens with one attached hydrogen (secondary N) is 2. The van der Waals surface area contributed by atoms with Crippen molar-refractivity contribution in [1.29, 1.82) is 0 Å². The van der Waals surface area contributed by atoms with E-state index in [0.29, 0.717) is 0 Å². The highest BCUT2D eigenvalue weighted by Gasteiger charge is 2.23. The third-order valence-corrected chi connectivity index (χ3v) is 4.84. The molecular weight excluding hydrogens is 350 g/mol. The van der Waals surface area contributed by atoms with Crippen LogP contribution in [0.1, 0.15) is 36.8 Å². The van der Waals surface area contributed by atoms with E-state index in [-0.39, 0.29) is 30.3 Å². The minimum absolute atomic E-state index is 0.0322. The Balaban J connectivity index is 1.41. The fourth-order valence-corrected chi connectivity index (χ4v) is 3.23. The molecule has 3 rings (SSSR count). The van der Waals surface area contributed by atoms with Gasteiger partial charge in [-0.2, -0.15) is 0 Å². The summed E-state index contributed by atoms with van der Waals surface area (Å²) in [6.07, 6.45) is 2.97. The number of aryl methyl sites for hydroxylation is 1. The minimum Gasteiger partial charge on any atom is -0.373 e. The second-order valence-electron chi connectivity index (χ2n) is 6.95. The highest BCUT2D eigenvalue weighted by Crippen LogP contribution is 2.23. The molecule has 144 valence electrons. The standard InChI is InChI=1S/C21H24F2N2O2/c1-14-5-7-15(8-6-14)24-21(26)25-16-9-11-17(12-10-16)27-13-18-19(22)3-2-4-20(18)23/h2-8,16-17H,9-13H2,1H3,(H2,24,25,26). The van der Waals surface area contributed by atoms with Gasteiger partial charge in [0.15, 0.2) is 0 Å². The molecule has 0 atom stereocenters. The summed E-state index contributed by atoms with van der Waals surface area (Å²) in [4.78, 5) is 12.1. The van der Waals surface area contributed by atoms with Crippen LogP contribution in [0, 0.1) is 18.6 Å². The fourth-order valence-electron chi connectivity index (χ4n) is 3.23. The van der Waals surface area contributed by atoms with Crippen LogP contribution in [0.3, 0.4) is 0 Å². The predicted molar refractivity (Wildman–Crippen MR) is 101 cm³/mol. The lowest BCUT2D eigenvalue weighted by Gasteiger charge is -2.29. The quantitative estimate of drug-likeness (QED) is 0.780. The number of ether oxygens (including phenoxy) is 1. The lowest BCUT2D eigenvalue weighted by Crippen LogP contribution is -2.41. The van der Waals surface area contributed by atoms with Crippen LogP contribution in [-0.4, -0.2) is 18.2 Å². The molecule has 2 N–H and O–H groups in total. The first kappa shape index (κ1) is 19.3. The molecule has 0 saturated heterocycles. The van der Waals surface area contributed by atoms with Gasteiger partial charge in [-0.25, -0.2) is 13.6 Å². The number of halogens is 2. The highest BCUT2D eigenvalue weighted by molar-refractivity contribution is 5.89. The van der Waals surface area contributed by atoms with Crippen LogP contribution >= 0.6 is 0 Å². The summed E-state index contributed by atoms with van der Waals surface area (Å²) in [5.41, 5.74) is 1.85. The van der Waals surface area contributed by atoms with Crippen LogP contribution in [0.4, 0.5) is 19.3 Å². The Morgan fingerprint density at radius 1 is 1.04 bits per heavy atom. The number of carbonyl (C=O) groups is 1. The minimum atomic E-state index is -0.585. The van der Waals surface area contributed by atoms with Gasteiger partial charge in [-0.05, 0) is 56.9 Å². The molecule has 0 aliphatic heterocycles. The van der Waals surface area contributed by atoms with Gasteiger partial charge >= 0.3 is 6.03 Å². The summed E-state index contributed by atoms with van der Waals surface area (Å²) in [5.74, 6) is -1.17. The van der Waals surface area contributed by atoms with Crippen molar-refractivity contribution in [1.82, 2.24) is 5.32 Å². The average molecular weight is 374 g/mol.